The Hall–Kier alpha value is -0.860. The number of Topliss-reactive ketones (excluding diaryl/α,β-unsaturated/α-hetero) is 1. The Morgan fingerprint density at radius 2 is 1.63 bits per heavy atom. The topological polar surface area (TPSA) is 43.4 Å². The third kappa shape index (κ3) is 5.33. The van der Waals surface area contributed by atoms with Gasteiger partial charge in [-0.2, -0.15) is 0 Å². The molecule has 1 atom stereocenters. The molecule has 0 saturated heterocycles. The van der Waals surface area contributed by atoms with Crippen molar-refractivity contribution in [1.29, 1.82) is 0 Å². The largest absolute Gasteiger partial charge is 0.465 e. The molecule has 0 heterocycles. The maximum Gasteiger partial charge on any atom is 0.316 e. The number of rotatable bonds is 6. The number of ether oxygens (including phenoxy) is 1. The van der Waals surface area contributed by atoms with Gasteiger partial charge in [-0.3, -0.25) is 9.59 Å². The summed E-state index contributed by atoms with van der Waals surface area (Å²) in [6.07, 6.45) is 9.38. The molecule has 0 aromatic rings. The van der Waals surface area contributed by atoms with Crippen molar-refractivity contribution in [3.05, 3.63) is 0 Å². The van der Waals surface area contributed by atoms with Crippen molar-refractivity contribution in [2.75, 3.05) is 6.61 Å². The number of ketones is 1. The van der Waals surface area contributed by atoms with Gasteiger partial charge < -0.3 is 4.74 Å². The minimum Gasteiger partial charge on any atom is -0.465 e. The Balaban J connectivity index is 2.64. The van der Waals surface area contributed by atoms with E-state index in [2.05, 4.69) is 0 Å². The molecule has 0 bridgehead atoms. The van der Waals surface area contributed by atoms with Crippen LogP contribution in [-0.4, -0.2) is 18.4 Å². The van der Waals surface area contributed by atoms with E-state index in [0.717, 1.165) is 32.1 Å². The molecule has 1 unspecified atom stereocenters. The summed E-state index contributed by atoms with van der Waals surface area (Å²) in [7, 11) is 0. The summed E-state index contributed by atoms with van der Waals surface area (Å²) in [5, 5.41) is 0. The second-order valence-corrected chi connectivity index (χ2v) is 5.54. The smallest absolute Gasteiger partial charge is 0.316 e. The second-order valence-electron chi connectivity index (χ2n) is 5.54. The third-order valence-corrected chi connectivity index (χ3v) is 4.00. The van der Waals surface area contributed by atoms with Crippen LogP contribution in [-0.2, 0) is 14.3 Å². The Labute approximate surface area is 117 Å². The van der Waals surface area contributed by atoms with E-state index in [1.54, 1.807) is 6.92 Å². The maximum atomic E-state index is 12.6. The fraction of sp³-hybridized carbons (Fsp3) is 0.875. The van der Waals surface area contributed by atoms with Gasteiger partial charge in [0.15, 0.2) is 0 Å². The highest BCUT2D eigenvalue weighted by Gasteiger charge is 2.32. The number of esters is 1. The van der Waals surface area contributed by atoms with E-state index in [0.29, 0.717) is 13.0 Å². The normalized spacial score (nSPS) is 19.3. The van der Waals surface area contributed by atoms with E-state index in [4.69, 9.17) is 4.74 Å². The standard InChI is InChI=1S/C16H28O3/c1-3-10-14(16(18)19-4-2)15(17)13-11-8-6-5-7-9-12-13/h13-14H,3-12H2,1-2H3. The highest BCUT2D eigenvalue weighted by Crippen LogP contribution is 2.27. The minimum atomic E-state index is -0.519. The molecule has 1 fully saturated rings. The summed E-state index contributed by atoms with van der Waals surface area (Å²) in [5.41, 5.74) is 0. The van der Waals surface area contributed by atoms with Gasteiger partial charge >= 0.3 is 5.97 Å². The molecule has 19 heavy (non-hydrogen) atoms. The average Bonchev–Trinajstić information content (AvgIpc) is 2.35. The van der Waals surface area contributed by atoms with Crippen LogP contribution < -0.4 is 0 Å². The minimum absolute atomic E-state index is 0.0845. The molecule has 0 N–H and O–H groups in total. The zero-order valence-corrected chi connectivity index (χ0v) is 12.5. The zero-order chi connectivity index (χ0) is 14.1. The van der Waals surface area contributed by atoms with Gasteiger partial charge in [0.25, 0.3) is 0 Å². The predicted molar refractivity (Wildman–Crippen MR) is 75.8 cm³/mol. The van der Waals surface area contributed by atoms with E-state index >= 15 is 0 Å². The molecule has 1 saturated carbocycles. The molecule has 0 aliphatic heterocycles. The van der Waals surface area contributed by atoms with Crippen LogP contribution in [0, 0.1) is 11.8 Å². The van der Waals surface area contributed by atoms with Gasteiger partial charge in [-0.05, 0) is 26.2 Å². The first-order valence-electron chi connectivity index (χ1n) is 7.91. The molecule has 0 radical (unpaired) electrons. The Bertz CT molecular complexity index is 278. The fourth-order valence-electron chi connectivity index (χ4n) is 2.93. The lowest BCUT2D eigenvalue weighted by Crippen LogP contribution is -2.31. The van der Waals surface area contributed by atoms with Crippen molar-refractivity contribution in [2.45, 2.75) is 71.6 Å². The fourth-order valence-corrected chi connectivity index (χ4v) is 2.93. The quantitative estimate of drug-likeness (QED) is 0.542. The Morgan fingerprint density at radius 1 is 1.05 bits per heavy atom. The summed E-state index contributed by atoms with van der Waals surface area (Å²) in [5.74, 6) is -0.603. The monoisotopic (exact) mass is 268 g/mol. The van der Waals surface area contributed by atoms with Crippen LogP contribution in [0.2, 0.25) is 0 Å². The van der Waals surface area contributed by atoms with Gasteiger partial charge in [0.1, 0.15) is 11.7 Å². The summed E-state index contributed by atoms with van der Waals surface area (Å²) >= 11 is 0. The van der Waals surface area contributed by atoms with Crippen LogP contribution in [0.15, 0.2) is 0 Å². The summed E-state index contributed by atoms with van der Waals surface area (Å²) < 4.78 is 5.06. The van der Waals surface area contributed by atoms with Gasteiger partial charge in [-0.1, -0.05) is 45.4 Å². The molecule has 110 valence electrons. The maximum absolute atomic E-state index is 12.6. The van der Waals surface area contributed by atoms with Crippen LogP contribution in [0.25, 0.3) is 0 Å². The first-order chi connectivity index (χ1) is 9.20. The number of carbonyl (C=O) groups excluding carboxylic acids is 2. The average molecular weight is 268 g/mol. The van der Waals surface area contributed by atoms with E-state index in [1.807, 2.05) is 6.92 Å². The lowest BCUT2D eigenvalue weighted by molar-refractivity contribution is -0.153. The lowest BCUT2D eigenvalue weighted by atomic mass is 9.82. The van der Waals surface area contributed by atoms with Crippen LogP contribution >= 0.6 is 0 Å². The summed E-state index contributed by atoms with van der Waals surface area (Å²) in [6.45, 7) is 4.16. The van der Waals surface area contributed by atoms with Crippen molar-refractivity contribution in [1.82, 2.24) is 0 Å². The molecule has 0 aromatic carbocycles. The number of hydrogen-bond acceptors (Lipinski definition) is 3. The van der Waals surface area contributed by atoms with E-state index < -0.39 is 5.92 Å². The highest BCUT2D eigenvalue weighted by atomic mass is 16.5. The molecule has 0 amide bonds. The molecule has 1 aliphatic rings. The summed E-state index contributed by atoms with van der Waals surface area (Å²) in [4.78, 5) is 24.5. The third-order valence-electron chi connectivity index (χ3n) is 4.00. The van der Waals surface area contributed by atoms with Crippen LogP contribution in [0.5, 0.6) is 0 Å². The van der Waals surface area contributed by atoms with Crippen molar-refractivity contribution in [3.63, 3.8) is 0 Å². The summed E-state index contributed by atoms with van der Waals surface area (Å²) in [6, 6.07) is 0. The van der Waals surface area contributed by atoms with E-state index in [-0.39, 0.29) is 17.7 Å². The Morgan fingerprint density at radius 3 is 2.16 bits per heavy atom. The molecule has 3 nitrogen and oxygen atoms in total. The van der Waals surface area contributed by atoms with Gasteiger partial charge in [0.05, 0.1) is 6.61 Å². The van der Waals surface area contributed by atoms with Gasteiger partial charge in [-0.25, -0.2) is 0 Å². The molecule has 0 spiro atoms. The molecule has 0 aromatic heterocycles. The first kappa shape index (κ1) is 16.2. The molecule has 3 heteroatoms. The molecule has 1 aliphatic carbocycles. The lowest BCUT2D eigenvalue weighted by Gasteiger charge is -2.22. The van der Waals surface area contributed by atoms with E-state index in [9.17, 15) is 9.59 Å². The Kier molecular flexibility index (Phi) is 7.76. The van der Waals surface area contributed by atoms with Gasteiger partial charge in [0, 0.05) is 5.92 Å². The van der Waals surface area contributed by atoms with Gasteiger partial charge in [-0.15, -0.1) is 0 Å². The highest BCUT2D eigenvalue weighted by molar-refractivity contribution is 6.00. The number of hydrogen-bond donors (Lipinski definition) is 0. The van der Waals surface area contributed by atoms with Crippen molar-refractivity contribution in [3.8, 4) is 0 Å². The SMILES string of the molecule is CCCC(C(=O)OCC)C(=O)C1CCCCCCC1. The molecular weight excluding hydrogens is 240 g/mol. The first-order valence-corrected chi connectivity index (χ1v) is 7.91. The zero-order valence-electron chi connectivity index (χ0n) is 12.5. The van der Waals surface area contributed by atoms with Gasteiger partial charge in [0.2, 0.25) is 0 Å². The second kappa shape index (κ2) is 9.11. The number of carbonyl (C=O) groups is 2. The van der Waals surface area contributed by atoms with Crippen LogP contribution in [0.1, 0.15) is 71.6 Å². The van der Waals surface area contributed by atoms with Crippen molar-refractivity contribution >= 4 is 11.8 Å². The molecule has 1 rings (SSSR count). The van der Waals surface area contributed by atoms with Crippen LogP contribution in [0.4, 0.5) is 0 Å². The predicted octanol–water partition coefficient (Wildman–Crippen LogP) is 3.90. The van der Waals surface area contributed by atoms with E-state index in [1.165, 1.54) is 19.3 Å². The van der Waals surface area contributed by atoms with Crippen molar-refractivity contribution < 1.29 is 14.3 Å². The molecular formula is C16H28O3. The van der Waals surface area contributed by atoms with Crippen molar-refractivity contribution in [2.24, 2.45) is 11.8 Å². The van der Waals surface area contributed by atoms with Crippen LogP contribution in [0.3, 0.4) is 0 Å².